The summed E-state index contributed by atoms with van der Waals surface area (Å²) in [6.07, 6.45) is 7.15. The number of likely N-dealkylation sites (tertiary alicyclic amines) is 2. The fraction of sp³-hybridized carbons (Fsp3) is 0.975. The first kappa shape index (κ1) is 65.9. The summed E-state index contributed by atoms with van der Waals surface area (Å²) in [6.45, 7) is 49.9. The predicted octanol–water partition coefficient (Wildman–Crippen LogP) is 13.8. The van der Waals surface area contributed by atoms with Gasteiger partial charge in [0.15, 0.2) is 0 Å². The van der Waals surface area contributed by atoms with Crippen LogP contribution >= 0.6 is 0 Å². The van der Waals surface area contributed by atoms with Gasteiger partial charge in [0.25, 0.3) is 0 Å². The standard InChI is InChI=1S/C10H19NO.C8H15NO.2C4H10.6C2H6.2CH4/c1-9(2)11-6-4-3-5-10(11)7-12-8-10;1-7(2)9-6-4-3-5-8(9)10;2*1-4(2)3;6*1-2;;/h9H,3-8H2,1-2H3;7H,3-6H2,1-2H3;2*4H,1-3H3;6*1-2H3;2*1H4. The van der Waals surface area contributed by atoms with E-state index in [1.54, 1.807) is 0 Å². The van der Waals surface area contributed by atoms with Crippen molar-refractivity contribution in [2.45, 2.75) is 223 Å². The Balaban J connectivity index is -0.0000000497. The van der Waals surface area contributed by atoms with Crippen LogP contribution in [-0.4, -0.2) is 59.6 Å². The van der Waals surface area contributed by atoms with E-state index in [0.29, 0.717) is 23.5 Å². The van der Waals surface area contributed by atoms with Gasteiger partial charge < -0.3 is 9.64 Å². The van der Waals surface area contributed by atoms with E-state index in [1.165, 1.54) is 32.2 Å². The van der Waals surface area contributed by atoms with E-state index < -0.39 is 0 Å². The summed E-state index contributed by atoms with van der Waals surface area (Å²) >= 11 is 0. The molecule has 0 N–H and O–H groups in total. The topological polar surface area (TPSA) is 32.8 Å². The summed E-state index contributed by atoms with van der Waals surface area (Å²) in [6, 6.07) is 1.09. The zero-order chi connectivity index (χ0) is 35.3. The number of piperidine rings is 2. The van der Waals surface area contributed by atoms with Gasteiger partial charge in [0.05, 0.1) is 18.8 Å². The quantitative estimate of drug-likeness (QED) is 0.302. The van der Waals surface area contributed by atoms with Crippen molar-refractivity contribution in [1.82, 2.24) is 9.80 Å². The van der Waals surface area contributed by atoms with Crippen molar-refractivity contribution in [3.05, 3.63) is 0 Å². The molecule has 3 rings (SSSR count). The van der Waals surface area contributed by atoms with Gasteiger partial charge >= 0.3 is 0 Å². The van der Waals surface area contributed by atoms with E-state index in [9.17, 15) is 4.79 Å². The molecule has 0 aromatic rings. The Hall–Kier alpha value is -0.610. The summed E-state index contributed by atoms with van der Waals surface area (Å²) in [7, 11) is 0. The maximum Gasteiger partial charge on any atom is 0.222 e. The smallest absolute Gasteiger partial charge is 0.222 e. The number of rotatable bonds is 2. The third-order valence-corrected chi connectivity index (χ3v) is 5.25. The lowest BCUT2D eigenvalue weighted by Gasteiger charge is -2.54. The summed E-state index contributed by atoms with van der Waals surface area (Å²) in [5.41, 5.74) is 0.451. The van der Waals surface area contributed by atoms with Crippen molar-refractivity contribution in [2.24, 2.45) is 11.8 Å². The molecular formula is C40H98N2O2. The van der Waals surface area contributed by atoms with Crippen LogP contribution in [-0.2, 0) is 9.53 Å². The lowest BCUT2D eigenvalue weighted by atomic mass is 9.84. The molecule has 3 heterocycles. The van der Waals surface area contributed by atoms with Crippen molar-refractivity contribution >= 4 is 5.91 Å². The third-order valence-electron chi connectivity index (χ3n) is 5.25. The molecule has 0 radical (unpaired) electrons. The Kier molecular flexibility index (Phi) is 77.8. The van der Waals surface area contributed by atoms with Crippen LogP contribution in [0.25, 0.3) is 0 Å². The largest absolute Gasteiger partial charge is 0.377 e. The van der Waals surface area contributed by atoms with Gasteiger partial charge in [-0.25, -0.2) is 0 Å². The highest BCUT2D eigenvalue weighted by Crippen LogP contribution is 2.35. The van der Waals surface area contributed by atoms with Crippen LogP contribution in [0, 0.1) is 11.8 Å². The first-order valence-electron chi connectivity index (χ1n) is 18.6. The molecule has 0 bridgehead atoms. The Labute approximate surface area is 286 Å². The first-order chi connectivity index (χ1) is 19.9. The van der Waals surface area contributed by atoms with Crippen LogP contribution in [0.15, 0.2) is 0 Å². The van der Waals surface area contributed by atoms with Crippen LogP contribution in [0.5, 0.6) is 0 Å². The fourth-order valence-electron chi connectivity index (χ4n) is 3.94. The minimum absolute atomic E-state index is 0. The van der Waals surface area contributed by atoms with E-state index in [4.69, 9.17) is 4.74 Å². The molecule has 44 heavy (non-hydrogen) atoms. The molecule has 3 aliphatic rings. The van der Waals surface area contributed by atoms with Crippen LogP contribution in [0.2, 0.25) is 0 Å². The number of carbonyl (C=O) groups excluding carboxylic acids is 1. The molecule has 280 valence electrons. The van der Waals surface area contributed by atoms with Crippen molar-refractivity contribution < 1.29 is 9.53 Å². The van der Waals surface area contributed by atoms with Gasteiger partial charge in [0.2, 0.25) is 5.91 Å². The average Bonchev–Trinajstić information content (AvgIpc) is 2.98. The van der Waals surface area contributed by atoms with Crippen molar-refractivity contribution in [3.8, 4) is 0 Å². The lowest BCUT2D eigenvalue weighted by Crippen LogP contribution is -2.65. The Morgan fingerprint density at radius 3 is 1.09 bits per heavy atom. The molecule has 4 heteroatoms. The minimum Gasteiger partial charge on any atom is -0.377 e. The molecule has 0 aliphatic carbocycles. The molecule has 0 unspecified atom stereocenters. The SMILES string of the molecule is C.C.CC.CC.CC.CC.CC.CC.CC(C)C.CC(C)C.CC(C)N1CCCCC12COC2.CC(C)N1CCCCC1=O. The van der Waals surface area contributed by atoms with E-state index in [2.05, 4.69) is 74.1 Å². The molecular weight excluding hydrogens is 540 g/mol. The van der Waals surface area contributed by atoms with Crippen LogP contribution in [0.4, 0.5) is 0 Å². The van der Waals surface area contributed by atoms with Gasteiger partial charge in [0.1, 0.15) is 0 Å². The summed E-state index contributed by atoms with van der Waals surface area (Å²) < 4.78 is 5.35. The molecule has 4 nitrogen and oxygen atoms in total. The molecule has 0 saturated carbocycles. The average molecular weight is 639 g/mol. The van der Waals surface area contributed by atoms with E-state index in [-0.39, 0.29) is 14.9 Å². The van der Waals surface area contributed by atoms with Crippen molar-refractivity contribution in [3.63, 3.8) is 0 Å². The van der Waals surface area contributed by atoms with E-state index in [1.807, 2.05) is 88.0 Å². The number of amides is 1. The fourth-order valence-corrected chi connectivity index (χ4v) is 3.94. The molecule has 0 atom stereocenters. The summed E-state index contributed by atoms with van der Waals surface area (Å²) in [4.78, 5) is 15.8. The van der Waals surface area contributed by atoms with Gasteiger partial charge in [-0.15, -0.1) is 0 Å². The van der Waals surface area contributed by atoms with Crippen LogP contribution < -0.4 is 0 Å². The number of ether oxygens (including phenoxy) is 1. The van der Waals surface area contributed by atoms with Gasteiger partial charge in [-0.2, -0.15) is 0 Å². The second-order valence-corrected chi connectivity index (χ2v) is 11.1. The zero-order valence-corrected chi connectivity index (χ0v) is 34.1. The van der Waals surface area contributed by atoms with Crippen molar-refractivity contribution in [1.29, 1.82) is 0 Å². The van der Waals surface area contributed by atoms with Crippen LogP contribution in [0.1, 0.15) is 206 Å². The normalized spacial score (nSPS) is 15.0. The van der Waals surface area contributed by atoms with E-state index >= 15 is 0 Å². The van der Waals surface area contributed by atoms with Gasteiger partial charge in [-0.1, -0.05) is 146 Å². The Bertz CT molecular complexity index is 433. The monoisotopic (exact) mass is 639 g/mol. The molecule has 0 aromatic carbocycles. The Morgan fingerprint density at radius 1 is 0.545 bits per heavy atom. The predicted molar refractivity (Wildman–Crippen MR) is 213 cm³/mol. The van der Waals surface area contributed by atoms with E-state index in [0.717, 1.165) is 44.4 Å². The number of carbonyl (C=O) groups is 1. The molecule has 3 aliphatic heterocycles. The summed E-state index contributed by atoms with van der Waals surface area (Å²) in [5, 5.41) is 0. The molecule has 3 fully saturated rings. The number of hydrogen-bond acceptors (Lipinski definition) is 3. The zero-order valence-electron chi connectivity index (χ0n) is 34.1. The molecule has 0 aromatic heterocycles. The Morgan fingerprint density at radius 2 is 0.886 bits per heavy atom. The molecule has 1 spiro atoms. The second-order valence-electron chi connectivity index (χ2n) is 11.1. The maximum atomic E-state index is 11.2. The van der Waals surface area contributed by atoms with Gasteiger partial charge in [-0.05, 0) is 71.8 Å². The molecule has 1 amide bonds. The minimum atomic E-state index is 0. The maximum absolute atomic E-state index is 11.2. The second kappa shape index (κ2) is 51.9. The lowest BCUT2D eigenvalue weighted by molar-refractivity contribution is -0.165. The van der Waals surface area contributed by atoms with Crippen LogP contribution in [0.3, 0.4) is 0 Å². The highest BCUT2D eigenvalue weighted by atomic mass is 16.5. The highest BCUT2D eigenvalue weighted by molar-refractivity contribution is 5.77. The first-order valence-corrected chi connectivity index (χ1v) is 18.6. The van der Waals surface area contributed by atoms with Gasteiger partial charge in [-0.3, -0.25) is 9.69 Å². The third kappa shape index (κ3) is 41.4. The number of nitrogens with zero attached hydrogens (tertiary/aromatic N) is 2. The molecule has 3 saturated heterocycles. The van der Waals surface area contributed by atoms with Crippen molar-refractivity contribution in [2.75, 3.05) is 26.3 Å². The summed E-state index contributed by atoms with van der Waals surface area (Å²) in [5.74, 6) is 2.00. The van der Waals surface area contributed by atoms with Gasteiger partial charge in [0, 0.05) is 25.0 Å². The number of hydrogen-bond donors (Lipinski definition) is 0. The highest BCUT2D eigenvalue weighted by Gasteiger charge is 2.45.